The Morgan fingerprint density at radius 2 is 1.78 bits per heavy atom. The molecule has 192 valence electrons. The molecule has 1 heterocycles. The number of aliphatic hydroxyl groups is 1. The van der Waals surface area contributed by atoms with Crippen LogP contribution in [-0.4, -0.2) is 35.6 Å². The van der Waals surface area contributed by atoms with Gasteiger partial charge in [0.05, 0.1) is 35.9 Å². The molecule has 1 aliphatic rings. The summed E-state index contributed by atoms with van der Waals surface area (Å²) in [5.41, 5.74) is 1.14. The molecule has 0 radical (unpaired) electrons. The molecule has 0 aromatic heterocycles. The molecule has 1 fully saturated rings. The molecule has 7 nitrogen and oxygen atoms in total. The van der Waals surface area contributed by atoms with Crippen molar-refractivity contribution in [3.05, 3.63) is 85.9 Å². The van der Waals surface area contributed by atoms with Gasteiger partial charge in [0.15, 0.2) is 11.5 Å². The molecular weight excluding hydrogens is 541 g/mol. The van der Waals surface area contributed by atoms with Gasteiger partial charge in [0.2, 0.25) is 0 Å². The average molecular weight is 563 g/mol. The number of methoxy groups -OCH3 is 1. The number of rotatable bonds is 6. The van der Waals surface area contributed by atoms with E-state index in [1.54, 1.807) is 32.0 Å². The first-order chi connectivity index (χ1) is 17.6. The van der Waals surface area contributed by atoms with Crippen molar-refractivity contribution < 1.29 is 29.3 Å². The zero-order valence-electron chi connectivity index (χ0n) is 20.0. The molecule has 0 aliphatic carbocycles. The van der Waals surface area contributed by atoms with Crippen LogP contribution < -0.4 is 14.4 Å². The summed E-state index contributed by atoms with van der Waals surface area (Å²) in [6.07, 6.45) is 0. The molecule has 2 N–H and O–H groups in total. The number of Topliss-reactive ketones (excluding diaryl/α,β-unsaturated/α-hetero) is 1. The number of halogens is 3. The third kappa shape index (κ3) is 4.70. The monoisotopic (exact) mass is 561 g/mol. The van der Waals surface area contributed by atoms with Crippen molar-refractivity contribution in [2.24, 2.45) is 0 Å². The van der Waals surface area contributed by atoms with Gasteiger partial charge in [0, 0.05) is 15.7 Å². The standard InChI is InChI=1S/C27H22Cl3NO6/c1-4-37-21-10-14(8-9-20(21)32)23-22(24(33)16-11-15(28)12-18(30)26(16)36-3)25(34)27(35)31(23)19-7-5-6-17(29)13(19)2/h5-12,23,32-33H,4H2,1-3H3/b24-22+. The van der Waals surface area contributed by atoms with Gasteiger partial charge in [0.25, 0.3) is 11.7 Å². The molecular formula is C27H22Cl3NO6. The van der Waals surface area contributed by atoms with E-state index < -0.39 is 23.5 Å². The fourth-order valence-electron chi connectivity index (χ4n) is 4.31. The molecule has 1 atom stereocenters. The lowest BCUT2D eigenvalue weighted by molar-refractivity contribution is -0.132. The lowest BCUT2D eigenvalue weighted by Crippen LogP contribution is -2.30. The number of amides is 1. The highest BCUT2D eigenvalue weighted by atomic mass is 35.5. The van der Waals surface area contributed by atoms with Gasteiger partial charge in [-0.15, -0.1) is 0 Å². The maximum atomic E-state index is 13.5. The number of aliphatic hydroxyl groups excluding tert-OH is 1. The molecule has 3 aromatic carbocycles. The highest BCUT2D eigenvalue weighted by Crippen LogP contribution is 2.47. The van der Waals surface area contributed by atoms with E-state index in [1.165, 1.54) is 42.3 Å². The van der Waals surface area contributed by atoms with Crippen LogP contribution in [0.25, 0.3) is 5.76 Å². The summed E-state index contributed by atoms with van der Waals surface area (Å²) in [4.78, 5) is 28.3. The fourth-order valence-corrected chi connectivity index (χ4v) is 5.05. The van der Waals surface area contributed by atoms with Gasteiger partial charge >= 0.3 is 0 Å². The van der Waals surface area contributed by atoms with Crippen LogP contribution in [-0.2, 0) is 9.59 Å². The number of ketones is 1. The SMILES string of the molecule is CCOc1cc(C2/C(=C(\O)c3cc(Cl)cc(Cl)c3OC)C(=O)C(=O)N2c2cccc(Cl)c2C)ccc1O. The fraction of sp³-hybridized carbons (Fsp3) is 0.185. The topological polar surface area (TPSA) is 96.3 Å². The minimum Gasteiger partial charge on any atom is -0.507 e. The van der Waals surface area contributed by atoms with Gasteiger partial charge < -0.3 is 19.7 Å². The summed E-state index contributed by atoms with van der Waals surface area (Å²) < 4.78 is 10.9. The third-order valence-electron chi connectivity index (χ3n) is 6.01. The Kier molecular flexibility index (Phi) is 7.59. The summed E-state index contributed by atoms with van der Waals surface area (Å²) in [7, 11) is 1.35. The lowest BCUT2D eigenvalue weighted by atomic mass is 9.94. The number of phenolic OH excluding ortho intramolecular Hbond substituents is 1. The van der Waals surface area contributed by atoms with E-state index in [2.05, 4.69) is 0 Å². The van der Waals surface area contributed by atoms with Crippen LogP contribution in [0.4, 0.5) is 5.69 Å². The van der Waals surface area contributed by atoms with Crippen LogP contribution in [0.5, 0.6) is 17.2 Å². The number of hydrogen-bond donors (Lipinski definition) is 2. The Morgan fingerprint density at radius 1 is 1.05 bits per heavy atom. The number of phenols is 1. The number of nitrogens with zero attached hydrogens (tertiary/aromatic N) is 1. The minimum absolute atomic E-state index is 0.0367. The van der Waals surface area contributed by atoms with Crippen LogP contribution in [0, 0.1) is 6.92 Å². The van der Waals surface area contributed by atoms with E-state index in [-0.39, 0.29) is 45.0 Å². The van der Waals surface area contributed by atoms with Gasteiger partial charge in [0.1, 0.15) is 11.5 Å². The quantitative estimate of drug-likeness (QED) is 0.197. The summed E-state index contributed by atoms with van der Waals surface area (Å²) in [5.74, 6) is -2.24. The Hall–Kier alpha value is -3.39. The second-order valence-electron chi connectivity index (χ2n) is 8.18. The van der Waals surface area contributed by atoms with Crippen molar-refractivity contribution in [2.45, 2.75) is 19.9 Å². The Morgan fingerprint density at radius 3 is 2.46 bits per heavy atom. The summed E-state index contributed by atoms with van der Waals surface area (Å²) >= 11 is 18.8. The van der Waals surface area contributed by atoms with E-state index in [4.69, 9.17) is 44.3 Å². The zero-order chi connectivity index (χ0) is 27.0. The molecule has 37 heavy (non-hydrogen) atoms. The van der Waals surface area contributed by atoms with Crippen molar-refractivity contribution >= 4 is 57.9 Å². The van der Waals surface area contributed by atoms with Gasteiger partial charge in [-0.1, -0.05) is 46.9 Å². The van der Waals surface area contributed by atoms with Gasteiger partial charge in [-0.05, 0) is 61.4 Å². The second-order valence-corrected chi connectivity index (χ2v) is 9.43. The normalized spacial score (nSPS) is 16.8. The second kappa shape index (κ2) is 10.5. The predicted molar refractivity (Wildman–Crippen MR) is 143 cm³/mol. The predicted octanol–water partition coefficient (Wildman–Crippen LogP) is 6.69. The first-order valence-electron chi connectivity index (χ1n) is 11.2. The number of ether oxygens (including phenoxy) is 2. The number of carbonyl (C=O) groups is 2. The van der Waals surface area contributed by atoms with Gasteiger partial charge in [-0.3, -0.25) is 14.5 Å². The maximum absolute atomic E-state index is 13.5. The molecule has 1 amide bonds. The molecule has 0 spiro atoms. The molecule has 1 aliphatic heterocycles. The molecule has 1 saturated heterocycles. The molecule has 0 saturated carbocycles. The first-order valence-corrected chi connectivity index (χ1v) is 12.3. The number of benzene rings is 3. The number of aromatic hydroxyl groups is 1. The molecule has 10 heteroatoms. The highest BCUT2D eigenvalue weighted by Gasteiger charge is 2.48. The Balaban J connectivity index is 2.06. The van der Waals surface area contributed by atoms with Crippen LogP contribution in [0.15, 0.2) is 54.1 Å². The smallest absolute Gasteiger partial charge is 0.300 e. The number of hydrogen-bond acceptors (Lipinski definition) is 6. The molecule has 1 unspecified atom stereocenters. The van der Waals surface area contributed by atoms with Crippen molar-refractivity contribution in [3.8, 4) is 17.2 Å². The highest BCUT2D eigenvalue weighted by molar-refractivity contribution is 6.52. The lowest BCUT2D eigenvalue weighted by Gasteiger charge is -2.27. The van der Waals surface area contributed by atoms with Gasteiger partial charge in [-0.25, -0.2) is 0 Å². The van der Waals surface area contributed by atoms with Gasteiger partial charge in [-0.2, -0.15) is 0 Å². The van der Waals surface area contributed by atoms with E-state index in [0.29, 0.717) is 21.8 Å². The molecule has 4 rings (SSSR count). The summed E-state index contributed by atoms with van der Waals surface area (Å²) in [6.45, 7) is 3.74. The Labute approximate surface area is 228 Å². The van der Waals surface area contributed by atoms with Crippen molar-refractivity contribution in [2.75, 3.05) is 18.6 Å². The maximum Gasteiger partial charge on any atom is 0.300 e. The van der Waals surface area contributed by atoms with Crippen molar-refractivity contribution in [1.29, 1.82) is 0 Å². The van der Waals surface area contributed by atoms with Crippen molar-refractivity contribution in [3.63, 3.8) is 0 Å². The third-order valence-corrected chi connectivity index (χ3v) is 6.92. The molecule has 0 bridgehead atoms. The van der Waals surface area contributed by atoms with Crippen LogP contribution in [0.2, 0.25) is 15.1 Å². The van der Waals surface area contributed by atoms with E-state index in [9.17, 15) is 19.8 Å². The van der Waals surface area contributed by atoms with E-state index in [0.717, 1.165) is 0 Å². The summed E-state index contributed by atoms with van der Waals surface area (Å²) in [5, 5.41) is 22.4. The van der Waals surface area contributed by atoms with E-state index in [1.807, 2.05) is 0 Å². The van der Waals surface area contributed by atoms with E-state index >= 15 is 0 Å². The Bertz CT molecular complexity index is 1450. The molecule has 3 aromatic rings. The zero-order valence-corrected chi connectivity index (χ0v) is 22.3. The largest absolute Gasteiger partial charge is 0.507 e. The van der Waals surface area contributed by atoms with Crippen molar-refractivity contribution in [1.82, 2.24) is 0 Å². The van der Waals surface area contributed by atoms with Crippen LogP contribution in [0.1, 0.15) is 29.7 Å². The summed E-state index contributed by atoms with van der Waals surface area (Å²) in [6, 6.07) is 11.1. The average Bonchev–Trinajstić information content (AvgIpc) is 3.11. The minimum atomic E-state index is -1.11. The van der Waals surface area contributed by atoms with Crippen LogP contribution >= 0.6 is 34.8 Å². The first kappa shape index (κ1) is 26.7. The number of anilines is 1. The van der Waals surface area contributed by atoms with Crippen LogP contribution in [0.3, 0.4) is 0 Å². The number of carbonyl (C=O) groups excluding carboxylic acids is 2.